The molecule has 182 valence electrons. The highest BCUT2D eigenvalue weighted by Gasteiger charge is 2.42. The second-order valence-corrected chi connectivity index (χ2v) is 10.6. The van der Waals surface area contributed by atoms with Gasteiger partial charge in [0.2, 0.25) is 20.2 Å². The molecule has 0 atom stereocenters. The molecule has 11 heteroatoms. The molecule has 0 saturated heterocycles. The summed E-state index contributed by atoms with van der Waals surface area (Å²) in [6, 6.07) is 13.1. The van der Waals surface area contributed by atoms with Crippen LogP contribution < -0.4 is 9.47 Å². The number of fused-ring (bicyclic) bond motifs is 1. The number of nitrogens with zero attached hydrogens (tertiary/aromatic N) is 3. The summed E-state index contributed by atoms with van der Waals surface area (Å²) in [5.41, 5.74) is 2.70. The van der Waals surface area contributed by atoms with E-state index in [4.69, 9.17) is 14.9 Å². The maximum Gasteiger partial charge on any atom is 0.283 e. The van der Waals surface area contributed by atoms with Gasteiger partial charge in [0.25, 0.3) is 5.91 Å². The standard InChI is InChI=1S/C24H24N4O5S2/c1-4-32-20-13-16(10-11-19(20)33-14-17-9-7-6-8-15(17)3)12-18-21(25)28-23(26-22(18)29)34-27-24(28)35(30,31)5-2/h6-13,25H,4-5,14H2,1-3H3. The number of aryl methyl sites for hydroxylation is 1. The van der Waals surface area contributed by atoms with Crippen molar-refractivity contribution in [2.75, 3.05) is 12.4 Å². The molecule has 2 aromatic rings. The molecule has 9 nitrogen and oxygen atoms in total. The normalized spacial score (nSPS) is 16.8. The molecule has 0 bridgehead atoms. The zero-order valence-corrected chi connectivity index (χ0v) is 21.1. The molecule has 2 aromatic carbocycles. The second kappa shape index (κ2) is 10.0. The summed E-state index contributed by atoms with van der Waals surface area (Å²) in [6.07, 6.45) is 1.48. The molecule has 2 aliphatic rings. The van der Waals surface area contributed by atoms with Crippen LogP contribution in [0.15, 0.2) is 57.4 Å². The fraction of sp³-hybridized carbons (Fsp3) is 0.250. The zero-order valence-electron chi connectivity index (χ0n) is 19.4. The molecule has 0 fully saturated rings. The third kappa shape index (κ3) is 5.01. The highest BCUT2D eigenvalue weighted by molar-refractivity contribution is 8.16. The van der Waals surface area contributed by atoms with Gasteiger partial charge in [0.05, 0.1) is 29.9 Å². The Hall–Kier alpha value is -3.44. The minimum absolute atomic E-state index is 0.0497. The van der Waals surface area contributed by atoms with Gasteiger partial charge in [-0.3, -0.25) is 10.2 Å². The van der Waals surface area contributed by atoms with Gasteiger partial charge in [-0.1, -0.05) is 37.3 Å². The van der Waals surface area contributed by atoms with E-state index in [0.29, 0.717) is 30.3 Å². The quantitative estimate of drug-likeness (QED) is 0.440. The Kier molecular flexibility index (Phi) is 7.08. The van der Waals surface area contributed by atoms with Crippen molar-refractivity contribution in [2.24, 2.45) is 9.39 Å². The summed E-state index contributed by atoms with van der Waals surface area (Å²) >= 11 is 0.767. The Morgan fingerprint density at radius 1 is 1.11 bits per heavy atom. The lowest BCUT2D eigenvalue weighted by molar-refractivity contribution is -0.114. The van der Waals surface area contributed by atoms with Crippen LogP contribution in [0.2, 0.25) is 0 Å². The highest BCUT2D eigenvalue weighted by Crippen LogP contribution is 2.33. The second-order valence-electron chi connectivity index (χ2n) is 7.66. The predicted octanol–water partition coefficient (Wildman–Crippen LogP) is 3.98. The van der Waals surface area contributed by atoms with Crippen molar-refractivity contribution < 1.29 is 22.7 Å². The molecule has 0 radical (unpaired) electrons. The van der Waals surface area contributed by atoms with Crippen molar-refractivity contribution in [2.45, 2.75) is 27.4 Å². The molecule has 2 aliphatic heterocycles. The Balaban J connectivity index is 1.63. The number of sulfone groups is 1. The van der Waals surface area contributed by atoms with Crippen LogP contribution in [0.5, 0.6) is 11.5 Å². The smallest absolute Gasteiger partial charge is 0.283 e. The van der Waals surface area contributed by atoms with Gasteiger partial charge in [-0.2, -0.15) is 9.39 Å². The van der Waals surface area contributed by atoms with Gasteiger partial charge in [-0.05, 0) is 48.7 Å². The molecule has 0 saturated carbocycles. The van der Waals surface area contributed by atoms with Crippen molar-refractivity contribution in [3.05, 3.63) is 64.7 Å². The van der Waals surface area contributed by atoms with Gasteiger partial charge in [0.15, 0.2) is 11.5 Å². The molecular formula is C24H24N4O5S2. The first-order valence-electron chi connectivity index (χ1n) is 10.9. The molecule has 2 heterocycles. The van der Waals surface area contributed by atoms with Crippen molar-refractivity contribution in [3.8, 4) is 11.5 Å². The lowest BCUT2D eigenvalue weighted by Crippen LogP contribution is -2.45. The van der Waals surface area contributed by atoms with Crippen molar-refractivity contribution >= 4 is 49.9 Å². The molecular weight excluding hydrogens is 488 g/mol. The molecule has 35 heavy (non-hydrogen) atoms. The Morgan fingerprint density at radius 2 is 1.89 bits per heavy atom. The maximum absolute atomic E-state index is 12.7. The van der Waals surface area contributed by atoms with E-state index in [-0.39, 0.29) is 27.5 Å². The number of amidine groups is 3. The fourth-order valence-electron chi connectivity index (χ4n) is 3.43. The van der Waals surface area contributed by atoms with E-state index in [0.717, 1.165) is 28.0 Å². The lowest BCUT2D eigenvalue weighted by atomic mass is 10.1. The molecule has 1 N–H and O–H groups in total. The SMILES string of the molecule is CCOc1cc(C=C2C(=N)N3C(=NC2=O)SN=C3S(=O)(=O)CC)ccc1OCc1ccccc1C. The monoisotopic (exact) mass is 512 g/mol. The summed E-state index contributed by atoms with van der Waals surface area (Å²) in [6.45, 7) is 6.14. The van der Waals surface area contributed by atoms with E-state index < -0.39 is 15.7 Å². The number of nitrogens with one attached hydrogen (secondary N) is 1. The van der Waals surface area contributed by atoms with Crippen LogP contribution in [0, 0.1) is 12.3 Å². The van der Waals surface area contributed by atoms with Crippen LogP contribution in [-0.2, 0) is 21.2 Å². The number of carbonyl (C=O) groups is 1. The van der Waals surface area contributed by atoms with E-state index in [1.807, 2.05) is 38.1 Å². The van der Waals surface area contributed by atoms with Crippen molar-refractivity contribution in [3.63, 3.8) is 0 Å². The van der Waals surface area contributed by atoms with Gasteiger partial charge >= 0.3 is 0 Å². The number of ether oxygens (including phenoxy) is 2. The third-order valence-corrected chi connectivity index (χ3v) is 7.78. The number of aliphatic imine (C=N–C) groups is 1. The molecule has 0 spiro atoms. The zero-order chi connectivity index (χ0) is 25.2. The van der Waals surface area contributed by atoms with Crippen LogP contribution in [0.3, 0.4) is 0 Å². The molecule has 0 aliphatic carbocycles. The van der Waals surface area contributed by atoms with Crippen molar-refractivity contribution in [1.29, 1.82) is 5.41 Å². The van der Waals surface area contributed by atoms with E-state index >= 15 is 0 Å². The average molecular weight is 513 g/mol. The van der Waals surface area contributed by atoms with Crippen LogP contribution >= 0.6 is 11.9 Å². The number of amides is 1. The lowest BCUT2D eigenvalue weighted by Gasteiger charge is -2.24. The fourth-order valence-corrected chi connectivity index (χ4v) is 5.39. The van der Waals surface area contributed by atoms with Gasteiger partial charge in [0, 0.05) is 0 Å². The molecule has 0 unspecified atom stereocenters. The van der Waals surface area contributed by atoms with E-state index in [9.17, 15) is 13.2 Å². The van der Waals surface area contributed by atoms with Gasteiger partial charge in [0.1, 0.15) is 12.4 Å². The van der Waals surface area contributed by atoms with Crippen LogP contribution in [-0.4, -0.2) is 47.8 Å². The Bertz CT molecular complexity index is 1400. The number of hydrogen-bond donors (Lipinski definition) is 1. The van der Waals surface area contributed by atoms with E-state index in [1.165, 1.54) is 13.0 Å². The maximum atomic E-state index is 12.7. The first-order chi connectivity index (χ1) is 16.7. The number of carbonyl (C=O) groups excluding carboxylic acids is 1. The number of rotatable bonds is 7. The molecule has 1 amide bonds. The van der Waals surface area contributed by atoms with Gasteiger partial charge in [-0.15, -0.1) is 0 Å². The Morgan fingerprint density at radius 3 is 2.60 bits per heavy atom. The van der Waals surface area contributed by atoms with Gasteiger partial charge in [-0.25, -0.2) is 13.3 Å². The number of benzene rings is 2. The van der Waals surface area contributed by atoms with E-state index in [2.05, 4.69) is 9.39 Å². The van der Waals surface area contributed by atoms with Crippen LogP contribution in [0.4, 0.5) is 0 Å². The largest absolute Gasteiger partial charge is 0.490 e. The van der Waals surface area contributed by atoms with Gasteiger partial charge < -0.3 is 9.47 Å². The molecule has 4 rings (SSSR count). The summed E-state index contributed by atoms with van der Waals surface area (Å²) in [7, 11) is -3.71. The predicted molar refractivity (Wildman–Crippen MR) is 138 cm³/mol. The minimum Gasteiger partial charge on any atom is -0.490 e. The van der Waals surface area contributed by atoms with E-state index in [1.54, 1.807) is 18.2 Å². The first-order valence-corrected chi connectivity index (χ1v) is 13.3. The number of hydrogen-bond acceptors (Lipinski definition) is 8. The minimum atomic E-state index is -3.71. The summed E-state index contributed by atoms with van der Waals surface area (Å²) in [5, 5.41) is 8.30. The Labute approximate surface area is 208 Å². The summed E-state index contributed by atoms with van der Waals surface area (Å²) < 4.78 is 40.5. The van der Waals surface area contributed by atoms with Crippen molar-refractivity contribution in [1.82, 2.24) is 4.90 Å². The summed E-state index contributed by atoms with van der Waals surface area (Å²) in [4.78, 5) is 17.7. The average Bonchev–Trinajstić information content (AvgIpc) is 3.27. The topological polar surface area (TPSA) is 121 Å². The van der Waals surface area contributed by atoms with Crippen LogP contribution in [0.1, 0.15) is 30.5 Å². The molecule has 0 aromatic heterocycles. The first kappa shape index (κ1) is 24.7. The summed E-state index contributed by atoms with van der Waals surface area (Å²) in [5.74, 6) is -0.0856. The highest BCUT2D eigenvalue weighted by atomic mass is 32.2. The third-order valence-electron chi connectivity index (χ3n) is 5.38. The van der Waals surface area contributed by atoms with Crippen LogP contribution in [0.25, 0.3) is 6.08 Å².